The summed E-state index contributed by atoms with van der Waals surface area (Å²) < 4.78 is 9.56. The maximum Gasteiger partial charge on any atom is 0.347 e. The van der Waals surface area contributed by atoms with Gasteiger partial charge in [-0.2, -0.15) is 0 Å². The predicted octanol–water partition coefficient (Wildman–Crippen LogP) is 1.45. The fraction of sp³-hybridized carbons (Fsp3) is 0.600. The Bertz CT molecular complexity index is 210. The molecular formula is C10H16O4. The summed E-state index contributed by atoms with van der Waals surface area (Å²) in [5.41, 5.74) is 0. The number of carbonyl (C=O) groups excluding carboxylic acids is 2. The fourth-order valence-corrected chi connectivity index (χ4v) is 0.841. The molecule has 4 heteroatoms. The second kappa shape index (κ2) is 7.26. The zero-order chi connectivity index (χ0) is 11.0. The minimum Gasteiger partial charge on any atom is -0.433 e. The number of carbonyl (C=O) groups is 2. The van der Waals surface area contributed by atoms with E-state index < -0.39 is 12.1 Å². The number of hydrogen-bond acceptors (Lipinski definition) is 4. The summed E-state index contributed by atoms with van der Waals surface area (Å²) in [5, 5.41) is 0. The van der Waals surface area contributed by atoms with Gasteiger partial charge in [-0.1, -0.05) is 19.9 Å². The van der Waals surface area contributed by atoms with E-state index in [2.05, 4.69) is 11.3 Å². The molecule has 0 N–H and O–H groups in total. The summed E-state index contributed by atoms with van der Waals surface area (Å²) >= 11 is 0. The molecule has 14 heavy (non-hydrogen) atoms. The first-order chi connectivity index (χ1) is 6.63. The molecule has 0 aromatic rings. The zero-order valence-electron chi connectivity index (χ0n) is 8.62. The highest BCUT2D eigenvalue weighted by molar-refractivity contribution is 6.00. The third kappa shape index (κ3) is 4.77. The number of ether oxygens (including phenoxy) is 2. The molecule has 0 spiro atoms. The summed E-state index contributed by atoms with van der Waals surface area (Å²) in [4.78, 5) is 22.1. The lowest BCUT2D eigenvalue weighted by Crippen LogP contribution is -2.32. The first-order valence-corrected chi connectivity index (χ1v) is 4.57. The maximum absolute atomic E-state index is 11.1. The van der Waals surface area contributed by atoms with Gasteiger partial charge in [-0.3, -0.25) is 4.79 Å². The van der Waals surface area contributed by atoms with E-state index in [1.165, 1.54) is 6.92 Å². The number of hydrogen-bond donors (Lipinski definition) is 0. The summed E-state index contributed by atoms with van der Waals surface area (Å²) in [5.74, 6) is -1.06. The van der Waals surface area contributed by atoms with Crippen molar-refractivity contribution in [1.82, 2.24) is 0 Å². The van der Waals surface area contributed by atoms with Gasteiger partial charge in [0.25, 0.3) is 0 Å². The maximum atomic E-state index is 11.1. The van der Waals surface area contributed by atoms with Crippen molar-refractivity contribution in [3.8, 4) is 0 Å². The third-order valence-electron chi connectivity index (χ3n) is 1.57. The van der Waals surface area contributed by atoms with E-state index in [1.54, 1.807) is 0 Å². The van der Waals surface area contributed by atoms with E-state index in [0.29, 0.717) is 6.61 Å². The van der Waals surface area contributed by atoms with Crippen LogP contribution in [0.15, 0.2) is 12.8 Å². The monoisotopic (exact) mass is 200 g/mol. The van der Waals surface area contributed by atoms with Crippen LogP contribution >= 0.6 is 0 Å². The molecule has 1 unspecified atom stereocenters. The van der Waals surface area contributed by atoms with Gasteiger partial charge in [0, 0.05) is 6.61 Å². The predicted molar refractivity (Wildman–Crippen MR) is 51.6 cm³/mol. The number of ketones is 1. The number of Topliss-reactive ketones (excluding diaryl/α,β-unsaturated/α-hetero) is 1. The van der Waals surface area contributed by atoms with E-state index in [0.717, 1.165) is 19.1 Å². The fourth-order valence-electron chi connectivity index (χ4n) is 0.841. The molecule has 0 saturated heterocycles. The average molecular weight is 200 g/mol. The highest BCUT2D eigenvalue weighted by atomic mass is 16.6. The summed E-state index contributed by atoms with van der Waals surface area (Å²) in [7, 11) is 0. The van der Waals surface area contributed by atoms with Crippen LogP contribution in [-0.2, 0) is 19.1 Å². The van der Waals surface area contributed by atoms with Crippen LogP contribution in [0.3, 0.4) is 0 Å². The highest BCUT2D eigenvalue weighted by Gasteiger charge is 2.24. The Morgan fingerprint density at radius 2 is 2.14 bits per heavy atom. The smallest absolute Gasteiger partial charge is 0.347 e. The molecule has 0 aliphatic heterocycles. The van der Waals surface area contributed by atoms with Crippen LogP contribution in [0.1, 0.15) is 26.7 Å². The van der Waals surface area contributed by atoms with Gasteiger partial charge in [-0.05, 0) is 13.3 Å². The largest absolute Gasteiger partial charge is 0.433 e. The second-order valence-corrected chi connectivity index (χ2v) is 2.82. The van der Waals surface area contributed by atoms with Crippen LogP contribution in [0.2, 0.25) is 0 Å². The van der Waals surface area contributed by atoms with Crippen molar-refractivity contribution in [3.63, 3.8) is 0 Å². The van der Waals surface area contributed by atoms with Crippen molar-refractivity contribution < 1.29 is 19.1 Å². The van der Waals surface area contributed by atoms with E-state index in [-0.39, 0.29) is 5.78 Å². The molecule has 0 aliphatic rings. The minimum atomic E-state index is -1.11. The average Bonchev–Trinajstić information content (AvgIpc) is 2.12. The normalized spacial score (nSPS) is 11.9. The van der Waals surface area contributed by atoms with E-state index in [4.69, 9.17) is 4.74 Å². The number of unbranched alkanes of at least 4 members (excludes halogenated alkanes) is 1. The van der Waals surface area contributed by atoms with Gasteiger partial charge in [-0.25, -0.2) is 4.79 Å². The molecule has 0 fully saturated rings. The summed E-state index contributed by atoms with van der Waals surface area (Å²) in [6.07, 6.45) is 1.63. The van der Waals surface area contributed by atoms with Gasteiger partial charge in [0.1, 0.15) is 0 Å². The van der Waals surface area contributed by atoms with Crippen LogP contribution in [0.5, 0.6) is 0 Å². The molecule has 0 aromatic carbocycles. The summed E-state index contributed by atoms with van der Waals surface area (Å²) in [6, 6.07) is 0. The Labute approximate surface area is 83.9 Å². The second-order valence-electron chi connectivity index (χ2n) is 2.82. The lowest BCUT2D eigenvalue weighted by molar-refractivity contribution is -0.156. The number of rotatable bonds is 7. The van der Waals surface area contributed by atoms with E-state index >= 15 is 0 Å². The first-order valence-electron chi connectivity index (χ1n) is 4.57. The van der Waals surface area contributed by atoms with Crippen LogP contribution in [-0.4, -0.2) is 24.5 Å². The van der Waals surface area contributed by atoms with Crippen LogP contribution < -0.4 is 0 Å². The van der Waals surface area contributed by atoms with Crippen LogP contribution in [0.4, 0.5) is 0 Å². The van der Waals surface area contributed by atoms with Gasteiger partial charge >= 0.3 is 5.97 Å². The quantitative estimate of drug-likeness (QED) is 0.270. The molecule has 0 amide bonds. The third-order valence-corrected chi connectivity index (χ3v) is 1.57. The molecular weight excluding hydrogens is 184 g/mol. The number of esters is 1. The van der Waals surface area contributed by atoms with Crippen molar-refractivity contribution in [2.45, 2.75) is 32.8 Å². The molecule has 0 saturated carbocycles. The van der Waals surface area contributed by atoms with E-state index in [9.17, 15) is 9.59 Å². The minimum absolute atomic E-state index is 0.354. The van der Waals surface area contributed by atoms with Gasteiger partial charge in [0.05, 0.1) is 6.26 Å². The Morgan fingerprint density at radius 3 is 2.57 bits per heavy atom. The van der Waals surface area contributed by atoms with Crippen molar-refractivity contribution in [2.75, 3.05) is 6.61 Å². The molecule has 0 aromatic heterocycles. The van der Waals surface area contributed by atoms with Crippen molar-refractivity contribution in [2.24, 2.45) is 0 Å². The molecule has 0 rings (SSSR count). The Morgan fingerprint density at radius 1 is 1.50 bits per heavy atom. The molecule has 4 nitrogen and oxygen atoms in total. The molecule has 80 valence electrons. The highest BCUT2D eigenvalue weighted by Crippen LogP contribution is 2.00. The molecule has 0 aliphatic carbocycles. The Hall–Kier alpha value is -1.16. The van der Waals surface area contributed by atoms with Crippen LogP contribution in [0.25, 0.3) is 0 Å². The van der Waals surface area contributed by atoms with Gasteiger partial charge in [0.2, 0.25) is 6.10 Å². The Kier molecular flexibility index (Phi) is 6.66. The lowest BCUT2D eigenvalue weighted by atomic mass is 10.2. The molecule has 0 bridgehead atoms. The molecule has 0 heterocycles. The first kappa shape index (κ1) is 12.8. The van der Waals surface area contributed by atoms with E-state index in [1.807, 2.05) is 6.92 Å². The van der Waals surface area contributed by atoms with Gasteiger partial charge < -0.3 is 9.47 Å². The van der Waals surface area contributed by atoms with Crippen LogP contribution in [0, 0.1) is 0 Å². The van der Waals surface area contributed by atoms with Gasteiger partial charge in [0.15, 0.2) is 5.78 Å². The summed E-state index contributed by atoms with van der Waals surface area (Å²) in [6.45, 7) is 6.90. The zero-order valence-corrected chi connectivity index (χ0v) is 8.62. The SMILES string of the molecule is C=COC(=O)C(OCCCC)C(C)=O. The Balaban J connectivity index is 4.07. The lowest BCUT2D eigenvalue weighted by Gasteiger charge is -2.11. The van der Waals surface area contributed by atoms with Gasteiger partial charge in [-0.15, -0.1) is 0 Å². The topological polar surface area (TPSA) is 52.6 Å². The standard InChI is InChI=1S/C10H16O4/c1-4-6-7-14-9(8(3)11)10(12)13-5-2/h5,9H,2,4,6-7H2,1,3H3. The van der Waals surface area contributed by atoms with Crippen molar-refractivity contribution in [3.05, 3.63) is 12.8 Å². The van der Waals surface area contributed by atoms with Crippen molar-refractivity contribution >= 4 is 11.8 Å². The molecule has 1 atom stereocenters. The van der Waals surface area contributed by atoms with Crippen molar-refractivity contribution in [1.29, 1.82) is 0 Å². The molecule has 0 radical (unpaired) electrons.